The Morgan fingerprint density at radius 3 is 2.64 bits per heavy atom. The lowest BCUT2D eigenvalue weighted by Crippen LogP contribution is -2.41. The summed E-state index contributed by atoms with van der Waals surface area (Å²) in [6.45, 7) is 7.20. The number of nitrogens with one attached hydrogen (secondary N) is 2. The van der Waals surface area contributed by atoms with Crippen molar-refractivity contribution in [2.45, 2.75) is 13.0 Å². The first-order valence-electron chi connectivity index (χ1n) is 7.85. The normalized spacial score (nSPS) is 11.2. The zero-order chi connectivity index (χ0) is 18.8. The number of carbonyl (C=O) groups is 2. The van der Waals surface area contributed by atoms with E-state index in [1.807, 2.05) is 44.2 Å². The van der Waals surface area contributed by atoms with Crippen LogP contribution in [0.2, 0.25) is 0 Å². The smallest absolute Gasteiger partial charge is 0.255 e. The van der Waals surface area contributed by atoms with Gasteiger partial charge in [0.15, 0.2) is 0 Å². The van der Waals surface area contributed by atoms with Crippen molar-refractivity contribution >= 4 is 24.7 Å². The van der Waals surface area contributed by atoms with Crippen LogP contribution >= 0.6 is 0 Å². The fourth-order valence-corrected chi connectivity index (χ4v) is 2.15. The number of rotatable bonds is 8. The van der Waals surface area contributed by atoms with Crippen LogP contribution in [0, 0.1) is 18.8 Å². The summed E-state index contributed by atoms with van der Waals surface area (Å²) in [5, 5.41) is 10.8. The lowest BCUT2D eigenvalue weighted by Gasteiger charge is -2.22. The summed E-state index contributed by atoms with van der Waals surface area (Å²) in [7, 11) is 5.62. The standard InChI is InChI=1S/C18H25N5O2/c1-14-12-15(6-8-16(19-2)18(25)21-13-24)7-9-17(14)23(20-3)11-10-22(4)5/h7,9,12-13,16,19H,3,10-11H2,1-2,4-5H3,(H,21,24,25)/t16-/m0/s1. The summed E-state index contributed by atoms with van der Waals surface area (Å²) in [6, 6.07) is 4.98. The van der Waals surface area contributed by atoms with Gasteiger partial charge < -0.3 is 4.90 Å². The number of amides is 2. The molecule has 0 aliphatic rings. The van der Waals surface area contributed by atoms with Crippen molar-refractivity contribution in [2.75, 3.05) is 39.2 Å². The highest BCUT2D eigenvalue weighted by atomic mass is 16.2. The number of benzene rings is 1. The van der Waals surface area contributed by atoms with E-state index in [2.05, 4.69) is 39.2 Å². The van der Waals surface area contributed by atoms with Gasteiger partial charge in [0.2, 0.25) is 6.41 Å². The van der Waals surface area contributed by atoms with Crippen LogP contribution in [-0.4, -0.2) is 64.2 Å². The van der Waals surface area contributed by atoms with Gasteiger partial charge in [-0.05, 0) is 51.8 Å². The quantitative estimate of drug-likeness (QED) is 0.305. The average molecular weight is 343 g/mol. The number of hydrogen-bond donors (Lipinski definition) is 2. The second-order valence-electron chi connectivity index (χ2n) is 5.69. The molecule has 1 aromatic rings. The second-order valence-corrected chi connectivity index (χ2v) is 5.69. The predicted octanol–water partition coefficient (Wildman–Crippen LogP) is 0.191. The van der Waals surface area contributed by atoms with Crippen LogP contribution in [0.3, 0.4) is 0 Å². The molecular weight excluding hydrogens is 318 g/mol. The molecule has 7 heteroatoms. The van der Waals surface area contributed by atoms with E-state index in [0.29, 0.717) is 6.41 Å². The Hall–Kier alpha value is -2.69. The number of hydrazone groups is 1. The Balaban J connectivity index is 2.95. The van der Waals surface area contributed by atoms with E-state index >= 15 is 0 Å². The van der Waals surface area contributed by atoms with Crippen LogP contribution in [0.1, 0.15) is 11.1 Å². The van der Waals surface area contributed by atoms with Crippen LogP contribution in [0.15, 0.2) is 23.3 Å². The molecule has 0 unspecified atom stereocenters. The fraction of sp³-hybridized carbons (Fsp3) is 0.389. The summed E-state index contributed by atoms with van der Waals surface area (Å²) in [4.78, 5) is 24.1. The molecule has 2 amide bonds. The molecule has 134 valence electrons. The summed E-state index contributed by atoms with van der Waals surface area (Å²) in [5.41, 5.74) is 2.75. The zero-order valence-corrected chi connectivity index (χ0v) is 15.2. The third-order valence-corrected chi connectivity index (χ3v) is 3.52. The molecule has 25 heavy (non-hydrogen) atoms. The highest BCUT2D eigenvalue weighted by Crippen LogP contribution is 2.21. The topological polar surface area (TPSA) is 77.0 Å². The van der Waals surface area contributed by atoms with Gasteiger partial charge in [-0.15, -0.1) is 0 Å². The minimum atomic E-state index is -0.753. The molecule has 0 heterocycles. The minimum absolute atomic E-state index is 0.345. The summed E-state index contributed by atoms with van der Waals surface area (Å²) in [6.07, 6.45) is 0.345. The Kier molecular flexibility index (Phi) is 8.33. The summed E-state index contributed by atoms with van der Waals surface area (Å²) in [5.74, 6) is 5.28. The number of anilines is 1. The van der Waals surface area contributed by atoms with E-state index in [0.717, 1.165) is 29.9 Å². The van der Waals surface area contributed by atoms with Gasteiger partial charge in [-0.3, -0.25) is 25.2 Å². The van der Waals surface area contributed by atoms with Gasteiger partial charge in [0, 0.05) is 18.8 Å². The molecule has 0 spiro atoms. The molecule has 7 nitrogen and oxygen atoms in total. The van der Waals surface area contributed by atoms with Gasteiger partial charge in [0.05, 0.1) is 12.2 Å². The van der Waals surface area contributed by atoms with Crippen molar-refractivity contribution in [2.24, 2.45) is 5.10 Å². The highest BCUT2D eigenvalue weighted by molar-refractivity contribution is 5.92. The van der Waals surface area contributed by atoms with Gasteiger partial charge in [-0.25, -0.2) is 0 Å². The van der Waals surface area contributed by atoms with E-state index in [1.165, 1.54) is 0 Å². The Bertz CT molecular complexity index is 676. The number of nitrogens with zero attached hydrogens (tertiary/aromatic N) is 3. The van der Waals surface area contributed by atoms with Crippen LogP contribution < -0.4 is 15.6 Å². The molecule has 0 bridgehead atoms. The molecule has 1 aromatic carbocycles. The SMILES string of the molecule is C=NN(CCN(C)C)c1ccc(C#C[C@H](NC)C(=O)NC=O)cc1C. The zero-order valence-electron chi connectivity index (χ0n) is 15.2. The van der Waals surface area contributed by atoms with Crippen molar-refractivity contribution in [1.29, 1.82) is 0 Å². The number of likely N-dealkylation sites (N-methyl/N-ethyl adjacent to an activating group) is 2. The van der Waals surface area contributed by atoms with Crippen molar-refractivity contribution in [1.82, 2.24) is 15.5 Å². The third kappa shape index (κ3) is 6.37. The number of aryl methyl sites for hydroxylation is 1. The van der Waals surface area contributed by atoms with Crippen molar-refractivity contribution in [3.05, 3.63) is 29.3 Å². The highest BCUT2D eigenvalue weighted by Gasteiger charge is 2.12. The number of hydrogen-bond acceptors (Lipinski definition) is 6. The van der Waals surface area contributed by atoms with Crippen LogP contribution in [0.5, 0.6) is 0 Å². The summed E-state index contributed by atoms with van der Waals surface area (Å²) >= 11 is 0. The average Bonchev–Trinajstić information content (AvgIpc) is 2.57. The van der Waals surface area contributed by atoms with Gasteiger partial charge in [0.1, 0.15) is 6.04 Å². The third-order valence-electron chi connectivity index (χ3n) is 3.52. The molecular formula is C18H25N5O2. The van der Waals surface area contributed by atoms with Crippen LogP contribution in [0.4, 0.5) is 5.69 Å². The van der Waals surface area contributed by atoms with Crippen LogP contribution in [0.25, 0.3) is 0 Å². The first-order chi connectivity index (χ1) is 11.9. The van der Waals surface area contributed by atoms with Gasteiger partial charge >= 0.3 is 0 Å². The van der Waals surface area contributed by atoms with Crippen molar-refractivity contribution < 1.29 is 9.59 Å². The number of imide groups is 1. The second kappa shape index (κ2) is 10.2. The monoisotopic (exact) mass is 343 g/mol. The van der Waals surface area contributed by atoms with E-state index in [-0.39, 0.29) is 0 Å². The lowest BCUT2D eigenvalue weighted by atomic mass is 10.1. The first kappa shape index (κ1) is 20.4. The Morgan fingerprint density at radius 2 is 2.12 bits per heavy atom. The molecule has 0 aromatic heterocycles. The lowest BCUT2D eigenvalue weighted by molar-refractivity contribution is -0.125. The van der Waals surface area contributed by atoms with Crippen molar-refractivity contribution in [3.8, 4) is 11.8 Å². The van der Waals surface area contributed by atoms with Crippen LogP contribution in [-0.2, 0) is 9.59 Å². The maximum absolute atomic E-state index is 11.6. The van der Waals surface area contributed by atoms with E-state index in [1.54, 1.807) is 7.05 Å². The molecule has 0 fully saturated rings. The van der Waals surface area contributed by atoms with Gasteiger partial charge in [-0.1, -0.05) is 11.8 Å². The molecule has 0 radical (unpaired) electrons. The van der Waals surface area contributed by atoms with Crippen molar-refractivity contribution in [3.63, 3.8) is 0 Å². The van der Waals surface area contributed by atoms with E-state index in [4.69, 9.17) is 0 Å². The molecule has 2 N–H and O–H groups in total. The van der Waals surface area contributed by atoms with Gasteiger partial charge in [0.25, 0.3) is 5.91 Å². The Labute approximate surface area is 149 Å². The summed E-state index contributed by atoms with van der Waals surface area (Å²) < 4.78 is 0. The molecule has 0 aliphatic heterocycles. The minimum Gasteiger partial charge on any atom is -0.308 e. The molecule has 0 saturated heterocycles. The first-order valence-corrected chi connectivity index (χ1v) is 7.85. The van der Waals surface area contributed by atoms with E-state index in [9.17, 15) is 9.59 Å². The fourth-order valence-electron chi connectivity index (χ4n) is 2.15. The predicted molar refractivity (Wildman–Crippen MR) is 101 cm³/mol. The molecule has 1 rings (SSSR count). The van der Waals surface area contributed by atoms with Gasteiger partial charge in [-0.2, -0.15) is 5.10 Å². The molecule has 1 atom stereocenters. The number of carbonyl (C=O) groups excluding carboxylic acids is 2. The maximum Gasteiger partial charge on any atom is 0.255 e. The molecule has 0 saturated carbocycles. The Morgan fingerprint density at radius 1 is 1.40 bits per heavy atom. The van der Waals surface area contributed by atoms with E-state index < -0.39 is 11.9 Å². The largest absolute Gasteiger partial charge is 0.308 e. The maximum atomic E-state index is 11.6. The molecule has 0 aliphatic carbocycles.